The summed E-state index contributed by atoms with van der Waals surface area (Å²) < 4.78 is 11.2. The van der Waals surface area contributed by atoms with E-state index in [-0.39, 0.29) is 11.9 Å². The molecule has 1 atom stereocenters. The highest BCUT2D eigenvalue weighted by Crippen LogP contribution is 2.29. The third-order valence-electron chi connectivity index (χ3n) is 4.82. The maximum atomic E-state index is 12.8. The number of carbonyl (C=O) groups excluding carboxylic acids is 1. The number of nitrogens with zero attached hydrogens (tertiary/aromatic N) is 1. The van der Waals surface area contributed by atoms with Crippen molar-refractivity contribution in [3.63, 3.8) is 0 Å². The Bertz CT molecular complexity index is 863. The van der Waals surface area contributed by atoms with Crippen molar-refractivity contribution < 1.29 is 14.3 Å². The van der Waals surface area contributed by atoms with Gasteiger partial charge in [-0.15, -0.1) is 0 Å². The Morgan fingerprint density at radius 2 is 2.10 bits per heavy atom. The van der Waals surface area contributed by atoms with Gasteiger partial charge in [-0.25, -0.2) is 0 Å². The summed E-state index contributed by atoms with van der Waals surface area (Å²) in [4.78, 5) is 15.1. The molecule has 2 aromatic carbocycles. The van der Waals surface area contributed by atoms with E-state index in [1.807, 2.05) is 31.2 Å². The number of morpholine rings is 1. The van der Waals surface area contributed by atoms with E-state index < -0.39 is 0 Å². The van der Waals surface area contributed by atoms with Gasteiger partial charge >= 0.3 is 0 Å². The van der Waals surface area contributed by atoms with E-state index in [0.717, 1.165) is 17.1 Å². The normalized spacial score (nSPS) is 17.1. The predicted octanol–water partition coefficient (Wildman–Crippen LogP) is 3.61. The van der Waals surface area contributed by atoms with Gasteiger partial charge in [0.1, 0.15) is 5.75 Å². The molecule has 1 fully saturated rings. The zero-order valence-electron chi connectivity index (χ0n) is 16.3. The van der Waals surface area contributed by atoms with Crippen molar-refractivity contribution in [2.45, 2.75) is 19.5 Å². The molecule has 8 heteroatoms. The number of nitrogen functional groups attached to an aromatic ring is 1. The molecule has 0 spiro atoms. The topological polar surface area (TPSA) is 76.8 Å². The molecule has 29 heavy (non-hydrogen) atoms. The standard InChI is InChI=1S/C21H25Cl2N3O3/c1-2-29-20-10-19(24)18(23)9-16(20)21(27)25-11-15-13-28-8-7-26(15)12-14-5-3-4-6-17(14)22/h3-6,9-10,15H,2,7-8,11-13,24H2,1H3,(H,25,27). The molecule has 1 saturated heterocycles. The van der Waals surface area contributed by atoms with E-state index in [4.69, 9.17) is 38.4 Å². The first-order chi connectivity index (χ1) is 14.0. The summed E-state index contributed by atoms with van der Waals surface area (Å²) in [6.07, 6.45) is 0. The number of nitrogens with one attached hydrogen (secondary N) is 1. The fraction of sp³-hybridized carbons (Fsp3) is 0.381. The first-order valence-corrected chi connectivity index (χ1v) is 10.3. The fourth-order valence-electron chi connectivity index (χ4n) is 3.26. The third-order valence-corrected chi connectivity index (χ3v) is 5.52. The number of halogens is 2. The molecule has 1 unspecified atom stereocenters. The van der Waals surface area contributed by atoms with Gasteiger partial charge in [0.25, 0.3) is 5.91 Å². The van der Waals surface area contributed by atoms with Crippen LogP contribution in [0, 0.1) is 0 Å². The Kier molecular flexibility index (Phi) is 7.61. The summed E-state index contributed by atoms with van der Waals surface area (Å²) >= 11 is 12.4. The Morgan fingerprint density at radius 1 is 1.31 bits per heavy atom. The van der Waals surface area contributed by atoms with Crippen molar-refractivity contribution in [1.29, 1.82) is 0 Å². The smallest absolute Gasteiger partial charge is 0.255 e. The van der Waals surface area contributed by atoms with Crippen LogP contribution in [0.25, 0.3) is 0 Å². The lowest BCUT2D eigenvalue weighted by Gasteiger charge is -2.35. The fourth-order valence-corrected chi connectivity index (χ4v) is 3.62. The SMILES string of the molecule is CCOc1cc(N)c(Cl)cc1C(=O)NCC1COCCN1Cc1ccccc1Cl. The van der Waals surface area contributed by atoms with Crippen molar-refractivity contribution in [1.82, 2.24) is 10.2 Å². The van der Waals surface area contributed by atoms with Crippen LogP contribution in [0.5, 0.6) is 5.75 Å². The van der Waals surface area contributed by atoms with Crippen LogP contribution in [-0.2, 0) is 11.3 Å². The molecular formula is C21H25Cl2N3O3. The van der Waals surface area contributed by atoms with Crippen molar-refractivity contribution in [3.8, 4) is 5.75 Å². The van der Waals surface area contributed by atoms with E-state index in [1.54, 1.807) is 6.07 Å². The van der Waals surface area contributed by atoms with Gasteiger partial charge in [-0.2, -0.15) is 0 Å². The highest BCUT2D eigenvalue weighted by atomic mass is 35.5. The first-order valence-electron chi connectivity index (χ1n) is 9.54. The van der Waals surface area contributed by atoms with Crippen LogP contribution in [0.1, 0.15) is 22.8 Å². The molecule has 1 aliphatic rings. The van der Waals surface area contributed by atoms with Crippen molar-refractivity contribution >= 4 is 34.8 Å². The molecule has 0 aromatic heterocycles. The van der Waals surface area contributed by atoms with Gasteiger partial charge in [-0.3, -0.25) is 9.69 Å². The van der Waals surface area contributed by atoms with E-state index >= 15 is 0 Å². The Labute approximate surface area is 180 Å². The molecule has 1 aliphatic heterocycles. The highest BCUT2D eigenvalue weighted by Gasteiger charge is 2.25. The van der Waals surface area contributed by atoms with Crippen LogP contribution < -0.4 is 15.8 Å². The quantitative estimate of drug-likeness (QED) is 0.646. The van der Waals surface area contributed by atoms with E-state index in [0.29, 0.717) is 54.9 Å². The summed E-state index contributed by atoms with van der Waals surface area (Å²) in [5, 5.41) is 4.03. The molecule has 3 rings (SSSR count). The molecule has 2 aromatic rings. The van der Waals surface area contributed by atoms with Crippen LogP contribution in [0.15, 0.2) is 36.4 Å². The minimum absolute atomic E-state index is 0.0313. The Balaban J connectivity index is 1.68. The number of ether oxygens (including phenoxy) is 2. The van der Waals surface area contributed by atoms with Crippen molar-refractivity contribution in [3.05, 3.63) is 57.6 Å². The summed E-state index contributed by atoms with van der Waals surface area (Å²) in [5.41, 5.74) is 7.62. The lowest BCUT2D eigenvalue weighted by molar-refractivity contribution is -0.0105. The zero-order valence-corrected chi connectivity index (χ0v) is 17.8. The molecular weight excluding hydrogens is 413 g/mol. The van der Waals surface area contributed by atoms with Gasteiger partial charge in [-0.05, 0) is 24.6 Å². The summed E-state index contributed by atoms with van der Waals surface area (Å²) in [6, 6.07) is 10.9. The van der Waals surface area contributed by atoms with Crippen molar-refractivity contribution in [2.75, 3.05) is 38.6 Å². The number of hydrogen-bond donors (Lipinski definition) is 2. The first kappa shape index (κ1) is 21.7. The average molecular weight is 438 g/mol. The lowest BCUT2D eigenvalue weighted by Crippen LogP contribution is -2.50. The second-order valence-electron chi connectivity index (χ2n) is 6.80. The third kappa shape index (κ3) is 5.54. The van der Waals surface area contributed by atoms with Crippen LogP contribution in [0.3, 0.4) is 0 Å². The van der Waals surface area contributed by atoms with Gasteiger partial charge in [0.2, 0.25) is 0 Å². The number of benzene rings is 2. The molecule has 0 bridgehead atoms. The number of nitrogens with two attached hydrogens (primary N) is 1. The monoisotopic (exact) mass is 437 g/mol. The number of hydrogen-bond acceptors (Lipinski definition) is 5. The van der Waals surface area contributed by atoms with Gasteiger partial charge in [0.05, 0.1) is 42.1 Å². The summed E-state index contributed by atoms with van der Waals surface area (Å²) in [7, 11) is 0. The van der Waals surface area contributed by atoms with Gasteiger partial charge in [0.15, 0.2) is 0 Å². The highest BCUT2D eigenvalue weighted by molar-refractivity contribution is 6.33. The Hall–Kier alpha value is -1.99. The maximum Gasteiger partial charge on any atom is 0.255 e. The number of carbonyl (C=O) groups is 1. The van der Waals surface area contributed by atoms with Gasteiger partial charge in [-0.1, -0.05) is 41.4 Å². The van der Waals surface area contributed by atoms with Crippen LogP contribution in [0.2, 0.25) is 10.0 Å². The lowest BCUT2D eigenvalue weighted by atomic mass is 10.1. The zero-order chi connectivity index (χ0) is 20.8. The minimum Gasteiger partial charge on any atom is -0.493 e. The van der Waals surface area contributed by atoms with E-state index in [9.17, 15) is 4.79 Å². The van der Waals surface area contributed by atoms with Crippen LogP contribution >= 0.6 is 23.2 Å². The second-order valence-corrected chi connectivity index (χ2v) is 7.62. The number of anilines is 1. The molecule has 1 heterocycles. The molecule has 0 radical (unpaired) electrons. The predicted molar refractivity (Wildman–Crippen MR) is 116 cm³/mol. The molecule has 6 nitrogen and oxygen atoms in total. The van der Waals surface area contributed by atoms with Gasteiger partial charge in [0, 0.05) is 30.7 Å². The second kappa shape index (κ2) is 10.2. The minimum atomic E-state index is -0.265. The molecule has 0 aliphatic carbocycles. The number of rotatable bonds is 7. The van der Waals surface area contributed by atoms with Gasteiger partial charge < -0.3 is 20.5 Å². The van der Waals surface area contributed by atoms with E-state index in [1.165, 1.54) is 6.07 Å². The van der Waals surface area contributed by atoms with E-state index in [2.05, 4.69) is 10.2 Å². The molecule has 156 valence electrons. The molecule has 1 amide bonds. The van der Waals surface area contributed by atoms with Crippen LogP contribution in [0.4, 0.5) is 5.69 Å². The number of amides is 1. The molecule has 3 N–H and O–H groups in total. The average Bonchev–Trinajstić information content (AvgIpc) is 2.71. The molecule has 0 saturated carbocycles. The summed E-state index contributed by atoms with van der Waals surface area (Å²) in [5.74, 6) is 0.151. The summed E-state index contributed by atoms with van der Waals surface area (Å²) in [6.45, 7) is 5.34. The van der Waals surface area contributed by atoms with Crippen molar-refractivity contribution in [2.24, 2.45) is 0 Å². The Morgan fingerprint density at radius 3 is 2.86 bits per heavy atom. The largest absolute Gasteiger partial charge is 0.493 e. The maximum absolute atomic E-state index is 12.8. The van der Waals surface area contributed by atoms with Crippen LogP contribution in [-0.4, -0.2) is 49.8 Å².